The molecule has 1 unspecified atom stereocenters. The van der Waals surface area contributed by atoms with Gasteiger partial charge in [-0.2, -0.15) is 0 Å². The van der Waals surface area contributed by atoms with Crippen molar-refractivity contribution in [2.75, 3.05) is 19.6 Å². The molecule has 4 nitrogen and oxygen atoms in total. The van der Waals surface area contributed by atoms with Crippen LogP contribution < -0.4 is 5.32 Å². The third-order valence-corrected chi connectivity index (χ3v) is 3.51. The number of amides is 1. The molecule has 0 spiro atoms. The van der Waals surface area contributed by atoms with E-state index in [1.807, 2.05) is 6.07 Å². The molecule has 0 bridgehead atoms. The van der Waals surface area contributed by atoms with Crippen molar-refractivity contribution in [3.8, 4) is 0 Å². The van der Waals surface area contributed by atoms with Gasteiger partial charge in [-0.05, 0) is 23.8 Å². The zero-order valence-electron chi connectivity index (χ0n) is 11.3. The van der Waals surface area contributed by atoms with E-state index < -0.39 is 0 Å². The van der Waals surface area contributed by atoms with E-state index in [4.69, 9.17) is 4.42 Å². The van der Waals surface area contributed by atoms with E-state index in [-0.39, 0.29) is 30.2 Å². The van der Waals surface area contributed by atoms with Crippen LogP contribution in [-0.4, -0.2) is 30.4 Å². The lowest BCUT2D eigenvalue weighted by Crippen LogP contribution is -2.48. The van der Waals surface area contributed by atoms with Crippen molar-refractivity contribution in [2.45, 2.75) is 6.04 Å². The molecule has 3 rings (SSSR count). The highest BCUT2D eigenvalue weighted by Gasteiger charge is 2.29. The zero-order valence-corrected chi connectivity index (χ0v) is 12.1. The summed E-state index contributed by atoms with van der Waals surface area (Å²) in [5.41, 5.74) is 1.32. The van der Waals surface area contributed by atoms with Crippen LogP contribution in [0.15, 0.2) is 47.3 Å². The number of benzene rings is 1. The Morgan fingerprint density at radius 3 is 2.95 bits per heavy atom. The van der Waals surface area contributed by atoms with E-state index in [0.717, 1.165) is 12.1 Å². The van der Waals surface area contributed by atoms with Crippen LogP contribution in [-0.2, 0) is 0 Å². The minimum atomic E-state index is -0.288. The Morgan fingerprint density at radius 1 is 1.38 bits per heavy atom. The van der Waals surface area contributed by atoms with Crippen LogP contribution in [0.2, 0.25) is 0 Å². The second-order valence-electron chi connectivity index (χ2n) is 4.79. The summed E-state index contributed by atoms with van der Waals surface area (Å²) in [6.45, 7) is 1.94. The number of carbonyl (C=O) groups excluding carboxylic acids is 1. The quantitative estimate of drug-likeness (QED) is 0.927. The van der Waals surface area contributed by atoms with Gasteiger partial charge in [0, 0.05) is 19.6 Å². The average Bonchev–Trinajstić information content (AvgIpc) is 3.01. The van der Waals surface area contributed by atoms with Crippen LogP contribution >= 0.6 is 12.4 Å². The van der Waals surface area contributed by atoms with E-state index >= 15 is 0 Å². The highest BCUT2D eigenvalue weighted by molar-refractivity contribution is 5.94. The SMILES string of the molecule is Cl.O=C(c1ccoc1)N1CCNCC1c1cccc(F)c1. The second kappa shape index (κ2) is 6.74. The van der Waals surface area contributed by atoms with Gasteiger partial charge >= 0.3 is 0 Å². The number of nitrogens with zero attached hydrogens (tertiary/aromatic N) is 1. The molecule has 1 atom stereocenters. The fraction of sp³-hybridized carbons (Fsp3) is 0.267. The number of rotatable bonds is 2. The van der Waals surface area contributed by atoms with E-state index in [0.29, 0.717) is 18.7 Å². The zero-order chi connectivity index (χ0) is 13.9. The Morgan fingerprint density at radius 2 is 2.24 bits per heavy atom. The lowest BCUT2D eigenvalue weighted by molar-refractivity contribution is 0.0633. The molecule has 2 aromatic rings. The highest BCUT2D eigenvalue weighted by atomic mass is 35.5. The molecular formula is C15H16ClFN2O2. The summed E-state index contributed by atoms with van der Waals surface area (Å²) in [6, 6.07) is 7.88. The van der Waals surface area contributed by atoms with E-state index in [9.17, 15) is 9.18 Å². The summed E-state index contributed by atoms with van der Waals surface area (Å²) < 4.78 is 18.3. The molecule has 1 aliphatic rings. The number of hydrogen-bond acceptors (Lipinski definition) is 3. The monoisotopic (exact) mass is 310 g/mol. The molecule has 1 amide bonds. The average molecular weight is 311 g/mol. The molecule has 0 saturated carbocycles. The van der Waals surface area contributed by atoms with Gasteiger partial charge in [0.25, 0.3) is 5.91 Å². The molecule has 0 radical (unpaired) electrons. The number of halogens is 2. The van der Waals surface area contributed by atoms with Gasteiger partial charge in [-0.1, -0.05) is 12.1 Å². The van der Waals surface area contributed by atoms with Crippen LogP contribution in [0, 0.1) is 5.82 Å². The minimum absolute atomic E-state index is 0. The number of carbonyl (C=O) groups is 1. The summed E-state index contributed by atoms with van der Waals surface area (Å²) in [5, 5.41) is 3.24. The number of furan rings is 1. The summed E-state index contributed by atoms with van der Waals surface area (Å²) in [7, 11) is 0. The van der Waals surface area contributed by atoms with Gasteiger partial charge in [0.2, 0.25) is 0 Å². The highest BCUT2D eigenvalue weighted by Crippen LogP contribution is 2.24. The fourth-order valence-corrected chi connectivity index (χ4v) is 2.51. The maximum Gasteiger partial charge on any atom is 0.257 e. The largest absolute Gasteiger partial charge is 0.472 e. The molecule has 1 saturated heterocycles. The second-order valence-corrected chi connectivity index (χ2v) is 4.79. The first-order valence-corrected chi connectivity index (χ1v) is 6.55. The molecule has 6 heteroatoms. The summed E-state index contributed by atoms with van der Waals surface area (Å²) in [4.78, 5) is 14.2. The van der Waals surface area contributed by atoms with Gasteiger partial charge in [0.15, 0.2) is 0 Å². The number of nitrogens with one attached hydrogen (secondary N) is 1. The maximum absolute atomic E-state index is 13.4. The van der Waals surface area contributed by atoms with Gasteiger partial charge in [-0.25, -0.2) is 4.39 Å². The van der Waals surface area contributed by atoms with Crippen molar-refractivity contribution in [3.63, 3.8) is 0 Å². The van der Waals surface area contributed by atoms with Crippen molar-refractivity contribution in [1.29, 1.82) is 0 Å². The Kier molecular flexibility index (Phi) is 4.98. The number of piperazine rings is 1. The molecule has 1 aliphatic heterocycles. The topological polar surface area (TPSA) is 45.5 Å². The molecule has 2 heterocycles. The van der Waals surface area contributed by atoms with Crippen molar-refractivity contribution in [1.82, 2.24) is 10.2 Å². The predicted octanol–water partition coefficient (Wildman–Crippen LogP) is 2.63. The minimum Gasteiger partial charge on any atom is -0.472 e. The normalized spacial score (nSPS) is 18.1. The predicted molar refractivity (Wildman–Crippen MR) is 79.0 cm³/mol. The molecule has 0 aliphatic carbocycles. The molecule has 1 fully saturated rings. The Balaban J connectivity index is 0.00000161. The smallest absolute Gasteiger partial charge is 0.257 e. The van der Waals surface area contributed by atoms with Crippen molar-refractivity contribution in [2.24, 2.45) is 0 Å². The first kappa shape index (κ1) is 15.5. The lowest BCUT2D eigenvalue weighted by Gasteiger charge is -2.36. The van der Waals surface area contributed by atoms with Crippen molar-refractivity contribution < 1.29 is 13.6 Å². The Labute approximate surface area is 128 Å². The lowest BCUT2D eigenvalue weighted by atomic mass is 10.0. The van der Waals surface area contributed by atoms with Gasteiger partial charge in [-0.3, -0.25) is 4.79 Å². The number of hydrogen-bond donors (Lipinski definition) is 1. The Bertz CT molecular complexity index is 603. The molecule has 1 aromatic carbocycles. The van der Waals surface area contributed by atoms with E-state index in [2.05, 4.69) is 5.32 Å². The molecule has 21 heavy (non-hydrogen) atoms. The molecule has 1 N–H and O–H groups in total. The van der Waals surface area contributed by atoms with Crippen molar-refractivity contribution >= 4 is 18.3 Å². The standard InChI is InChI=1S/C15H15FN2O2.ClH/c16-13-3-1-2-11(8-13)14-9-17-5-6-18(14)15(19)12-4-7-20-10-12;/h1-4,7-8,10,14,17H,5-6,9H2;1H. The third-order valence-electron chi connectivity index (χ3n) is 3.51. The van der Waals surface area contributed by atoms with Gasteiger partial charge in [-0.15, -0.1) is 12.4 Å². The van der Waals surface area contributed by atoms with Gasteiger partial charge in [0.1, 0.15) is 12.1 Å². The molecule has 1 aromatic heterocycles. The van der Waals surface area contributed by atoms with Crippen LogP contribution in [0.1, 0.15) is 22.0 Å². The first-order chi connectivity index (χ1) is 9.75. The third kappa shape index (κ3) is 3.25. The summed E-state index contributed by atoms with van der Waals surface area (Å²) >= 11 is 0. The van der Waals surface area contributed by atoms with Crippen LogP contribution in [0.25, 0.3) is 0 Å². The first-order valence-electron chi connectivity index (χ1n) is 6.55. The van der Waals surface area contributed by atoms with Crippen molar-refractivity contribution in [3.05, 3.63) is 59.8 Å². The van der Waals surface area contributed by atoms with Crippen LogP contribution in [0.5, 0.6) is 0 Å². The van der Waals surface area contributed by atoms with Crippen LogP contribution in [0.3, 0.4) is 0 Å². The molecular weight excluding hydrogens is 295 g/mol. The van der Waals surface area contributed by atoms with E-state index in [1.54, 1.807) is 17.0 Å². The van der Waals surface area contributed by atoms with E-state index in [1.165, 1.54) is 24.7 Å². The Hall–Kier alpha value is -1.85. The maximum atomic E-state index is 13.4. The fourth-order valence-electron chi connectivity index (χ4n) is 2.51. The van der Waals surface area contributed by atoms with Crippen LogP contribution in [0.4, 0.5) is 4.39 Å². The molecule has 112 valence electrons. The van der Waals surface area contributed by atoms with Gasteiger partial charge in [0.05, 0.1) is 17.9 Å². The summed E-state index contributed by atoms with van der Waals surface area (Å²) in [6.07, 6.45) is 2.92. The summed E-state index contributed by atoms with van der Waals surface area (Å²) in [5.74, 6) is -0.377. The van der Waals surface area contributed by atoms with Gasteiger partial charge < -0.3 is 14.6 Å².